The Morgan fingerprint density at radius 2 is 2.24 bits per heavy atom. The lowest BCUT2D eigenvalue weighted by molar-refractivity contribution is 0.342. The molecule has 0 aliphatic rings. The molecule has 2 N–H and O–H groups in total. The summed E-state index contributed by atoms with van der Waals surface area (Å²) in [5.74, 6) is 2.90. The topological polar surface area (TPSA) is 35.2 Å². The van der Waals surface area contributed by atoms with Gasteiger partial charge in [0.2, 0.25) is 0 Å². The average Bonchev–Trinajstić information content (AvgIpc) is 2.25. The smallest absolute Gasteiger partial charge is 0.133 e. The zero-order valence-electron chi connectivity index (χ0n) is 9.79. The van der Waals surface area contributed by atoms with Crippen LogP contribution < -0.4 is 10.5 Å². The minimum absolute atomic E-state index is 0.286. The van der Waals surface area contributed by atoms with E-state index in [0.29, 0.717) is 11.6 Å². The van der Waals surface area contributed by atoms with Crippen molar-refractivity contribution in [1.29, 1.82) is 0 Å². The van der Waals surface area contributed by atoms with Crippen molar-refractivity contribution in [3.8, 4) is 5.75 Å². The van der Waals surface area contributed by atoms with Crippen molar-refractivity contribution in [2.24, 2.45) is 5.73 Å². The van der Waals surface area contributed by atoms with Gasteiger partial charge in [-0.25, -0.2) is 0 Å². The molecule has 0 spiro atoms. The average molecular weight is 339 g/mol. The Balaban J connectivity index is 2.18. The van der Waals surface area contributed by atoms with Crippen LogP contribution in [0.3, 0.4) is 0 Å². The van der Waals surface area contributed by atoms with Gasteiger partial charge in [-0.1, -0.05) is 11.6 Å². The highest BCUT2D eigenvalue weighted by Gasteiger charge is 2.01. The monoisotopic (exact) mass is 337 g/mol. The molecule has 0 amide bonds. The summed E-state index contributed by atoms with van der Waals surface area (Å²) in [5.41, 5.74) is 5.67. The van der Waals surface area contributed by atoms with E-state index in [1.165, 1.54) is 0 Å². The Morgan fingerprint density at radius 3 is 2.88 bits per heavy atom. The van der Waals surface area contributed by atoms with Gasteiger partial charge < -0.3 is 10.5 Å². The lowest BCUT2D eigenvalue weighted by Crippen LogP contribution is -2.15. The highest BCUT2D eigenvalue weighted by molar-refractivity contribution is 9.10. The third-order valence-electron chi connectivity index (χ3n) is 2.10. The van der Waals surface area contributed by atoms with E-state index in [0.717, 1.165) is 28.1 Å². The Kier molecular flexibility index (Phi) is 7.35. The molecule has 17 heavy (non-hydrogen) atoms. The van der Waals surface area contributed by atoms with Crippen molar-refractivity contribution in [2.75, 3.05) is 18.1 Å². The fourth-order valence-corrected chi connectivity index (χ4v) is 2.92. The van der Waals surface area contributed by atoms with Crippen LogP contribution in [0.5, 0.6) is 5.75 Å². The second-order valence-electron chi connectivity index (χ2n) is 3.80. The lowest BCUT2D eigenvalue weighted by atomic mass is 10.3. The molecule has 5 heteroatoms. The number of ether oxygens (including phenoxy) is 1. The molecule has 0 aliphatic carbocycles. The van der Waals surface area contributed by atoms with Gasteiger partial charge in [-0.3, -0.25) is 0 Å². The van der Waals surface area contributed by atoms with Crippen LogP contribution in [-0.4, -0.2) is 24.2 Å². The molecular weight excluding hydrogens is 322 g/mol. The summed E-state index contributed by atoms with van der Waals surface area (Å²) in [6.45, 7) is 2.73. The van der Waals surface area contributed by atoms with Crippen LogP contribution in [0.4, 0.5) is 0 Å². The maximum absolute atomic E-state index is 5.85. The van der Waals surface area contributed by atoms with E-state index in [1.807, 2.05) is 36.9 Å². The number of hydrogen-bond donors (Lipinski definition) is 1. The predicted molar refractivity (Wildman–Crippen MR) is 80.2 cm³/mol. The molecule has 0 fully saturated rings. The zero-order chi connectivity index (χ0) is 12.7. The molecule has 1 aromatic carbocycles. The first kappa shape index (κ1) is 15.2. The normalized spacial score (nSPS) is 12.5. The molecule has 0 heterocycles. The molecule has 0 bridgehead atoms. The van der Waals surface area contributed by atoms with Crippen molar-refractivity contribution < 1.29 is 4.74 Å². The summed E-state index contributed by atoms with van der Waals surface area (Å²) >= 11 is 11.1. The van der Waals surface area contributed by atoms with Crippen LogP contribution in [0.25, 0.3) is 0 Å². The molecule has 0 saturated heterocycles. The van der Waals surface area contributed by atoms with Crippen LogP contribution in [0.1, 0.15) is 13.3 Å². The molecule has 1 unspecified atom stereocenters. The van der Waals surface area contributed by atoms with Crippen molar-refractivity contribution in [3.63, 3.8) is 0 Å². The number of hydrogen-bond acceptors (Lipinski definition) is 3. The van der Waals surface area contributed by atoms with Gasteiger partial charge in [0.1, 0.15) is 5.75 Å². The lowest BCUT2D eigenvalue weighted by Gasteiger charge is -2.08. The van der Waals surface area contributed by atoms with Crippen LogP contribution >= 0.6 is 39.3 Å². The molecule has 1 aromatic rings. The third-order valence-corrected chi connectivity index (χ3v) is 3.93. The number of thioether (sulfide) groups is 1. The molecule has 0 aliphatic heterocycles. The Labute approximate surface area is 120 Å². The molecule has 1 atom stereocenters. The number of rotatable bonds is 7. The SMILES string of the molecule is CC(N)CCSCCOc1ccc(Cl)cc1Br. The van der Waals surface area contributed by atoms with Gasteiger partial charge in [0.15, 0.2) is 0 Å². The quantitative estimate of drug-likeness (QED) is 0.765. The first-order valence-corrected chi connectivity index (χ1v) is 7.83. The molecule has 0 radical (unpaired) electrons. The van der Waals surface area contributed by atoms with E-state index in [1.54, 1.807) is 0 Å². The van der Waals surface area contributed by atoms with Gasteiger partial charge in [0, 0.05) is 16.8 Å². The standard InChI is InChI=1S/C12H17BrClNOS/c1-9(15)4-6-17-7-5-16-12-3-2-10(14)8-11(12)13/h2-3,8-9H,4-7,15H2,1H3. The minimum Gasteiger partial charge on any atom is -0.492 e. The van der Waals surface area contributed by atoms with Crippen molar-refractivity contribution >= 4 is 39.3 Å². The number of halogens is 2. The van der Waals surface area contributed by atoms with Crippen molar-refractivity contribution in [1.82, 2.24) is 0 Å². The van der Waals surface area contributed by atoms with E-state index in [2.05, 4.69) is 15.9 Å². The molecule has 1 rings (SSSR count). The summed E-state index contributed by atoms with van der Waals surface area (Å²) in [4.78, 5) is 0. The van der Waals surface area contributed by atoms with E-state index in [9.17, 15) is 0 Å². The Morgan fingerprint density at radius 1 is 1.47 bits per heavy atom. The summed E-state index contributed by atoms with van der Waals surface area (Å²) in [7, 11) is 0. The second-order valence-corrected chi connectivity index (χ2v) is 6.32. The maximum Gasteiger partial charge on any atom is 0.133 e. The van der Waals surface area contributed by atoms with Gasteiger partial charge >= 0.3 is 0 Å². The van der Waals surface area contributed by atoms with Gasteiger partial charge in [-0.05, 0) is 53.2 Å². The molecule has 2 nitrogen and oxygen atoms in total. The van der Waals surface area contributed by atoms with E-state index in [4.69, 9.17) is 22.1 Å². The second kappa shape index (κ2) is 8.25. The maximum atomic E-state index is 5.85. The highest BCUT2D eigenvalue weighted by Crippen LogP contribution is 2.27. The van der Waals surface area contributed by atoms with Crippen LogP contribution in [0, 0.1) is 0 Å². The fraction of sp³-hybridized carbons (Fsp3) is 0.500. The summed E-state index contributed by atoms with van der Waals surface area (Å²) in [5, 5.41) is 0.704. The third kappa shape index (κ3) is 6.55. The van der Waals surface area contributed by atoms with Gasteiger partial charge in [-0.15, -0.1) is 0 Å². The number of benzene rings is 1. The van der Waals surface area contributed by atoms with Crippen molar-refractivity contribution in [3.05, 3.63) is 27.7 Å². The predicted octanol–water partition coefficient (Wildman–Crippen LogP) is 3.95. The van der Waals surface area contributed by atoms with Crippen LogP contribution in [-0.2, 0) is 0 Å². The first-order chi connectivity index (χ1) is 8.09. The van der Waals surface area contributed by atoms with Gasteiger partial charge in [0.25, 0.3) is 0 Å². The van der Waals surface area contributed by atoms with Gasteiger partial charge in [-0.2, -0.15) is 11.8 Å². The van der Waals surface area contributed by atoms with Gasteiger partial charge in [0.05, 0.1) is 11.1 Å². The summed E-state index contributed by atoms with van der Waals surface area (Å²) in [6, 6.07) is 5.82. The summed E-state index contributed by atoms with van der Waals surface area (Å²) in [6.07, 6.45) is 1.05. The largest absolute Gasteiger partial charge is 0.492 e. The van der Waals surface area contributed by atoms with E-state index in [-0.39, 0.29) is 6.04 Å². The van der Waals surface area contributed by atoms with E-state index >= 15 is 0 Å². The van der Waals surface area contributed by atoms with Crippen LogP contribution in [0.2, 0.25) is 5.02 Å². The summed E-state index contributed by atoms with van der Waals surface area (Å²) < 4.78 is 6.54. The molecule has 0 aromatic heterocycles. The minimum atomic E-state index is 0.286. The van der Waals surface area contributed by atoms with E-state index < -0.39 is 0 Å². The molecular formula is C12H17BrClNOS. The Bertz CT molecular complexity index is 349. The zero-order valence-corrected chi connectivity index (χ0v) is 12.9. The van der Waals surface area contributed by atoms with Crippen molar-refractivity contribution in [2.45, 2.75) is 19.4 Å². The highest BCUT2D eigenvalue weighted by atomic mass is 79.9. The number of nitrogens with two attached hydrogens (primary N) is 1. The Hall–Kier alpha value is 0.1000. The fourth-order valence-electron chi connectivity index (χ4n) is 1.17. The first-order valence-electron chi connectivity index (χ1n) is 5.51. The molecule has 0 saturated carbocycles. The van der Waals surface area contributed by atoms with Crippen LogP contribution in [0.15, 0.2) is 22.7 Å². The molecule has 96 valence electrons.